The number of aryl methyl sites for hydroxylation is 1. The van der Waals surface area contributed by atoms with Gasteiger partial charge in [0.1, 0.15) is 0 Å². The van der Waals surface area contributed by atoms with Crippen LogP contribution in [0, 0.1) is 14.1 Å². The molecule has 0 aliphatic rings. The normalized spacial score (nSPS) is 10.9. The molecule has 3 rings (SSSR count). The topological polar surface area (TPSA) is 32.9 Å². The number of rotatable bonds is 2. The van der Waals surface area contributed by atoms with Gasteiger partial charge in [-0.25, -0.2) is 0 Å². The molecule has 2 aromatic carbocycles. The van der Waals surface area contributed by atoms with Gasteiger partial charge in [-0.3, -0.25) is 4.79 Å². The van der Waals surface area contributed by atoms with Gasteiger partial charge in [0, 0.05) is 10.5 Å². The second-order valence-electron chi connectivity index (χ2n) is 4.47. The molecule has 0 aliphatic carbocycles. The highest BCUT2D eigenvalue weighted by Crippen LogP contribution is 2.14. The van der Waals surface area contributed by atoms with Gasteiger partial charge in [-0.2, -0.15) is 0 Å². The van der Waals surface area contributed by atoms with Crippen molar-refractivity contribution >= 4 is 22.5 Å². The van der Waals surface area contributed by atoms with Gasteiger partial charge < -0.3 is 4.98 Å². The number of halogens is 2. The summed E-state index contributed by atoms with van der Waals surface area (Å²) in [6.07, 6.45) is 0. The minimum absolute atomic E-state index is 0.107. The number of benzene rings is 2. The van der Waals surface area contributed by atoms with Crippen molar-refractivity contribution in [2.45, 2.75) is 6.92 Å². The van der Waals surface area contributed by atoms with Gasteiger partial charge in [0.15, 0.2) is 3.57 Å². The molecule has 0 radical (unpaired) electrons. The van der Waals surface area contributed by atoms with E-state index in [1.807, 2.05) is 31.2 Å². The average molecular weight is 397 g/mol. The average Bonchev–Trinajstić information content (AvgIpc) is 2.46. The Morgan fingerprint density at radius 3 is 2.60 bits per heavy atom. The lowest BCUT2D eigenvalue weighted by atomic mass is 10.2. The van der Waals surface area contributed by atoms with Gasteiger partial charge in [-0.1, -0.05) is 29.8 Å². The fourth-order valence-electron chi connectivity index (χ4n) is 2.06. The first kappa shape index (κ1) is 13.6. The number of fused-ring (bicyclic) bond motifs is 1. The molecule has 4 heteroatoms. The third-order valence-electron chi connectivity index (χ3n) is 3.01. The second kappa shape index (κ2) is 5.58. The first-order chi connectivity index (χ1) is 9.65. The molecule has 2 nitrogen and oxygen atoms in total. The first-order valence-electron chi connectivity index (χ1n) is 6.17. The van der Waals surface area contributed by atoms with E-state index < -0.39 is 21.2 Å². The Kier molecular flexibility index (Phi) is 3.81. The summed E-state index contributed by atoms with van der Waals surface area (Å²) in [4.78, 5) is 16.0. The summed E-state index contributed by atoms with van der Waals surface area (Å²) in [7, 11) is 0. The molecule has 20 heavy (non-hydrogen) atoms. The standard InChI is InChI=1S/C16H11ClINO/c1-10-15(18-12-5-3-2-4-6-12)16(20)13-9-11(17)7-8-14(13)19-10/h2-9H,1H3/p+1. The van der Waals surface area contributed by atoms with E-state index in [2.05, 4.69) is 17.1 Å². The van der Waals surface area contributed by atoms with Crippen molar-refractivity contribution in [3.8, 4) is 0 Å². The minimum Gasteiger partial charge on any atom is -0.355 e. The van der Waals surface area contributed by atoms with Crippen LogP contribution in [0.4, 0.5) is 0 Å². The third kappa shape index (κ3) is 2.60. The monoisotopic (exact) mass is 396 g/mol. The Bertz CT molecular complexity index is 827. The van der Waals surface area contributed by atoms with E-state index in [1.165, 1.54) is 3.57 Å². The fraction of sp³-hybridized carbons (Fsp3) is 0.0625. The highest BCUT2D eigenvalue weighted by Gasteiger charge is 2.24. The van der Waals surface area contributed by atoms with Crippen LogP contribution in [0.15, 0.2) is 53.3 Å². The number of H-pyrrole nitrogens is 1. The molecule has 0 saturated heterocycles. The van der Waals surface area contributed by atoms with Crippen LogP contribution in [0.1, 0.15) is 5.69 Å². The molecule has 0 fully saturated rings. The van der Waals surface area contributed by atoms with E-state index in [4.69, 9.17) is 11.6 Å². The lowest BCUT2D eigenvalue weighted by Gasteiger charge is -2.01. The van der Waals surface area contributed by atoms with E-state index in [-0.39, 0.29) is 5.43 Å². The third-order valence-corrected chi connectivity index (χ3v) is 6.43. The van der Waals surface area contributed by atoms with Crippen LogP contribution in [0.25, 0.3) is 10.9 Å². The van der Waals surface area contributed by atoms with Crippen LogP contribution in [0.3, 0.4) is 0 Å². The number of pyridine rings is 1. The van der Waals surface area contributed by atoms with Crippen LogP contribution in [-0.2, 0) is 0 Å². The molecule has 100 valence electrons. The van der Waals surface area contributed by atoms with E-state index in [1.54, 1.807) is 12.1 Å². The fourth-order valence-corrected chi connectivity index (χ4v) is 4.70. The zero-order chi connectivity index (χ0) is 14.1. The van der Waals surface area contributed by atoms with E-state index in [0.29, 0.717) is 10.4 Å². The molecule has 1 heterocycles. The smallest absolute Gasteiger partial charge is 0.355 e. The van der Waals surface area contributed by atoms with Gasteiger partial charge in [-0.15, -0.1) is 0 Å². The van der Waals surface area contributed by atoms with Crippen molar-refractivity contribution in [2.75, 3.05) is 0 Å². The lowest BCUT2D eigenvalue weighted by molar-refractivity contribution is -0.599. The molecule has 0 unspecified atom stereocenters. The number of hydrogen-bond donors (Lipinski definition) is 1. The van der Waals surface area contributed by atoms with Crippen molar-refractivity contribution in [1.29, 1.82) is 0 Å². The molecule has 3 aromatic rings. The van der Waals surface area contributed by atoms with Crippen molar-refractivity contribution < 1.29 is 21.2 Å². The van der Waals surface area contributed by atoms with Gasteiger partial charge in [0.2, 0.25) is 5.43 Å². The molecule has 0 saturated carbocycles. The van der Waals surface area contributed by atoms with Gasteiger partial charge >= 0.3 is 21.2 Å². The summed E-state index contributed by atoms with van der Waals surface area (Å²) < 4.78 is 2.14. The number of aromatic amines is 1. The summed E-state index contributed by atoms with van der Waals surface area (Å²) >= 11 is 5.51. The predicted molar refractivity (Wildman–Crippen MR) is 78.2 cm³/mol. The van der Waals surface area contributed by atoms with E-state index in [9.17, 15) is 4.79 Å². The second-order valence-corrected chi connectivity index (χ2v) is 7.77. The Hall–Kier alpha value is -1.33. The summed E-state index contributed by atoms with van der Waals surface area (Å²) in [5.41, 5.74) is 1.91. The zero-order valence-electron chi connectivity index (χ0n) is 10.8. The van der Waals surface area contributed by atoms with Gasteiger partial charge in [0.25, 0.3) is 3.57 Å². The Labute approximate surface area is 132 Å². The molecule has 0 bridgehead atoms. The van der Waals surface area contributed by atoms with Crippen LogP contribution in [0.2, 0.25) is 5.02 Å². The molecule has 0 amide bonds. The first-order valence-corrected chi connectivity index (χ1v) is 8.71. The maximum absolute atomic E-state index is 12.7. The molecule has 0 atom stereocenters. The predicted octanol–water partition coefficient (Wildman–Crippen LogP) is 0.618. The molecular weight excluding hydrogens is 385 g/mol. The quantitative estimate of drug-likeness (QED) is 0.633. The van der Waals surface area contributed by atoms with Gasteiger partial charge in [0.05, 0.1) is 11.1 Å². The van der Waals surface area contributed by atoms with Crippen molar-refractivity contribution in [2.24, 2.45) is 0 Å². The van der Waals surface area contributed by atoms with Crippen molar-refractivity contribution in [1.82, 2.24) is 4.98 Å². The number of aromatic nitrogens is 1. The molecule has 0 aliphatic heterocycles. The van der Waals surface area contributed by atoms with E-state index >= 15 is 0 Å². The summed E-state index contributed by atoms with van der Waals surface area (Å²) in [6.45, 7) is 1.97. The lowest BCUT2D eigenvalue weighted by Crippen LogP contribution is -3.62. The van der Waals surface area contributed by atoms with Crippen LogP contribution >= 0.6 is 11.6 Å². The molecule has 1 aromatic heterocycles. The maximum atomic E-state index is 12.7. The number of hydrogen-bond acceptors (Lipinski definition) is 1. The summed E-state index contributed by atoms with van der Waals surface area (Å²) in [5, 5.41) is 1.27. The molecule has 1 N–H and O–H groups in total. The Balaban J connectivity index is 2.18. The van der Waals surface area contributed by atoms with Crippen molar-refractivity contribution in [3.63, 3.8) is 0 Å². The highest BCUT2D eigenvalue weighted by molar-refractivity contribution is 6.31. The summed E-state index contributed by atoms with van der Waals surface area (Å²) in [5.74, 6) is 0. The van der Waals surface area contributed by atoms with Crippen LogP contribution < -0.4 is 26.6 Å². The largest absolute Gasteiger partial charge is 0.364 e. The molecule has 0 spiro atoms. The molecular formula is C16H12ClINO+. The van der Waals surface area contributed by atoms with E-state index in [0.717, 1.165) is 14.8 Å². The summed E-state index contributed by atoms with van der Waals surface area (Å²) in [6, 6.07) is 15.6. The SMILES string of the molecule is Cc1[nH]c2ccc(Cl)cc2c(=O)c1[I+]c1ccccc1. The zero-order valence-corrected chi connectivity index (χ0v) is 13.7. The van der Waals surface area contributed by atoms with Gasteiger partial charge in [-0.05, 0) is 37.3 Å². The Morgan fingerprint density at radius 1 is 1.10 bits per heavy atom. The Morgan fingerprint density at radius 2 is 1.85 bits per heavy atom. The van der Waals surface area contributed by atoms with Crippen molar-refractivity contribution in [3.05, 3.63) is 76.6 Å². The minimum atomic E-state index is -0.486. The maximum Gasteiger partial charge on any atom is 0.364 e. The van der Waals surface area contributed by atoms with Crippen LogP contribution in [-0.4, -0.2) is 4.98 Å². The number of nitrogens with one attached hydrogen (secondary N) is 1. The van der Waals surface area contributed by atoms with Crippen LogP contribution in [0.5, 0.6) is 0 Å². The highest BCUT2D eigenvalue weighted by atomic mass is 127.